The standard InChI is InChI=1S/C12H13N5O2/c1-13-11-6-5-10(17(18)19)12(16-11)15-8-9-4-2-3-7-14-9/h2-7H,8H2,1H3,(H2,13,15,16). The number of aromatic nitrogens is 2. The van der Waals surface area contributed by atoms with Crippen LogP contribution in [0.3, 0.4) is 0 Å². The molecule has 2 aromatic rings. The summed E-state index contributed by atoms with van der Waals surface area (Å²) in [7, 11) is 1.71. The van der Waals surface area contributed by atoms with E-state index < -0.39 is 4.92 Å². The predicted molar refractivity (Wildman–Crippen MR) is 72.0 cm³/mol. The first-order valence-corrected chi connectivity index (χ1v) is 5.67. The van der Waals surface area contributed by atoms with Gasteiger partial charge in [-0.1, -0.05) is 6.07 Å². The number of pyridine rings is 2. The zero-order valence-electron chi connectivity index (χ0n) is 10.3. The van der Waals surface area contributed by atoms with Gasteiger partial charge in [-0.15, -0.1) is 0 Å². The molecule has 0 aliphatic heterocycles. The monoisotopic (exact) mass is 259 g/mol. The minimum atomic E-state index is -0.465. The third kappa shape index (κ3) is 3.15. The van der Waals surface area contributed by atoms with Gasteiger partial charge >= 0.3 is 5.69 Å². The maximum Gasteiger partial charge on any atom is 0.311 e. The van der Waals surface area contributed by atoms with E-state index in [0.29, 0.717) is 12.4 Å². The minimum Gasteiger partial charge on any atom is -0.373 e. The van der Waals surface area contributed by atoms with Crippen LogP contribution in [-0.2, 0) is 6.54 Å². The van der Waals surface area contributed by atoms with Gasteiger partial charge in [0, 0.05) is 19.3 Å². The van der Waals surface area contributed by atoms with Crippen molar-refractivity contribution in [3.63, 3.8) is 0 Å². The molecule has 19 heavy (non-hydrogen) atoms. The topological polar surface area (TPSA) is 93.0 Å². The smallest absolute Gasteiger partial charge is 0.311 e. The van der Waals surface area contributed by atoms with E-state index in [1.54, 1.807) is 19.3 Å². The molecule has 0 aliphatic rings. The van der Waals surface area contributed by atoms with Crippen LogP contribution >= 0.6 is 0 Å². The van der Waals surface area contributed by atoms with E-state index in [9.17, 15) is 10.1 Å². The lowest BCUT2D eigenvalue weighted by Gasteiger charge is -2.07. The lowest BCUT2D eigenvalue weighted by Crippen LogP contribution is -2.07. The summed E-state index contributed by atoms with van der Waals surface area (Å²) in [6.45, 7) is 0.377. The molecule has 0 amide bonds. The molecule has 2 heterocycles. The van der Waals surface area contributed by atoms with E-state index in [4.69, 9.17) is 0 Å². The summed E-state index contributed by atoms with van der Waals surface area (Å²) in [5, 5.41) is 16.7. The lowest BCUT2D eigenvalue weighted by atomic mass is 10.3. The highest BCUT2D eigenvalue weighted by atomic mass is 16.6. The normalized spacial score (nSPS) is 9.95. The summed E-state index contributed by atoms with van der Waals surface area (Å²) in [5.74, 6) is 0.789. The Morgan fingerprint density at radius 3 is 2.79 bits per heavy atom. The van der Waals surface area contributed by atoms with Crippen molar-refractivity contribution < 1.29 is 4.92 Å². The van der Waals surface area contributed by atoms with Crippen LogP contribution in [-0.4, -0.2) is 21.9 Å². The van der Waals surface area contributed by atoms with Crippen molar-refractivity contribution >= 4 is 17.3 Å². The molecule has 0 radical (unpaired) electrons. The van der Waals surface area contributed by atoms with Gasteiger partial charge in [0.15, 0.2) is 0 Å². The molecule has 7 heteroatoms. The van der Waals surface area contributed by atoms with Crippen molar-refractivity contribution in [1.29, 1.82) is 0 Å². The first-order chi connectivity index (χ1) is 9.20. The van der Waals surface area contributed by atoms with Crippen LogP contribution < -0.4 is 10.6 Å². The number of hydrogen-bond acceptors (Lipinski definition) is 6. The molecule has 0 aliphatic carbocycles. The lowest BCUT2D eigenvalue weighted by molar-refractivity contribution is -0.384. The largest absolute Gasteiger partial charge is 0.373 e. The number of rotatable bonds is 5. The average molecular weight is 259 g/mol. The van der Waals surface area contributed by atoms with Crippen LogP contribution in [0.4, 0.5) is 17.3 Å². The third-order valence-electron chi connectivity index (χ3n) is 2.49. The molecular weight excluding hydrogens is 246 g/mol. The van der Waals surface area contributed by atoms with Gasteiger partial charge in [-0.3, -0.25) is 15.1 Å². The second-order valence-corrected chi connectivity index (χ2v) is 3.75. The highest BCUT2D eigenvalue weighted by molar-refractivity contribution is 5.60. The maximum absolute atomic E-state index is 10.9. The van der Waals surface area contributed by atoms with E-state index >= 15 is 0 Å². The van der Waals surface area contributed by atoms with Crippen LogP contribution in [0.25, 0.3) is 0 Å². The molecule has 98 valence electrons. The predicted octanol–water partition coefficient (Wildman–Crippen LogP) is 2.04. The average Bonchev–Trinajstić information content (AvgIpc) is 2.45. The Bertz CT molecular complexity index is 574. The zero-order valence-corrected chi connectivity index (χ0v) is 10.3. The second kappa shape index (κ2) is 5.76. The Kier molecular flexibility index (Phi) is 3.87. The molecule has 0 spiro atoms. The number of anilines is 2. The summed E-state index contributed by atoms with van der Waals surface area (Å²) < 4.78 is 0. The van der Waals surface area contributed by atoms with E-state index in [2.05, 4.69) is 20.6 Å². The zero-order chi connectivity index (χ0) is 13.7. The number of nitrogens with zero attached hydrogens (tertiary/aromatic N) is 3. The highest BCUT2D eigenvalue weighted by Gasteiger charge is 2.15. The molecule has 0 unspecified atom stereocenters. The first kappa shape index (κ1) is 12.7. The first-order valence-electron chi connectivity index (χ1n) is 5.67. The van der Waals surface area contributed by atoms with Crippen molar-refractivity contribution in [3.8, 4) is 0 Å². The second-order valence-electron chi connectivity index (χ2n) is 3.75. The van der Waals surface area contributed by atoms with Gasteiger partial charge in [0.05, 0.1) is 17.2 Å². The number of nitrogens with one attached hydrogen (secondary N) is 2. The summed E-state index contributed by atoms with van der Waals surface area (Å²) >= 11 is 0. The molecule has 0 bridgehead atoms. The quantitative estimate of drug-likeness (QED) is 0.630. The van der Waals surface area contributed by atoms with Gasteiger partial charge in [0.25, 0.3) is 0 Å². The summed E-state index contributed by atoms with van der Waals surface area (Å²) in [4.78, 5) is 18.7. The Balaban J connectivity index is 2.20. The SMILES string of the molecule is CNc1ccc([N+](=O)[O-])c(NCc2ccccn2)n1. The number of nitro groups is 1. The fourth-order valence-corrected chi connectivity index (χ4v) is 1.55. The maximum atomic E-state index is 10.9. The summed E-state index contributed by atoms with van der Waals surface area (Å²) in [6, 6.07) is 8.48. The van der Waals surface area contributed by atoms with Crippen LogP contribution in [0.1, 0.15) is 5.69 Å². The van der Waals surface area contributed by atoms with E-state index in [-0.39, 0.29) is 11.5 Å². The van der Waals surface area contributed by atoms with Gasteiger partial charge in [-0.2, -0.15) is 0 Å². The van der Waals surface area contributed by atoms with Crippen LogP contribution in [0, 0.1) is 10.1 Å². The molecule has 0 aromatic carbocycles. The summed E-state index contributed by atoms with van der Waals surface area (Å²) in [6.07, 6.45) is 1.67. The highest BCUT2D eigenvalue weighted by Crippen LogP contribution is 2.24. The van der Waals surface area contributed by atoms with E-state index in [1.165, 1.54) is 6.07 Å². The minimum absolute atomic E-state index is 0.0602. The molecule has 2 rings (SSSR count). The van der Waals surface area contributed by atoms with Crippen molar-refractivity contribution in [3.05, 3.63) is 52.3 Å². The van der Waals surface area contributed by atoms with Crippen LogP contribution in [0.5, 0.6) is 0 Å². The third-order valence-corrected chi connectivity index (χ3v) is 2.49. The number of hydrogen-bond donors (Lipinski definition) is 2. The molecule has 7 nitrogen and oxygen atoms in total. The summed E-state index contributed by atoms with van der Waals surface area (Å²) in [5.41, 5.74) is 0.725. The van der Waals surface area contributed by atoms with Crippen LogP contribution in [0.2, 0.25) is 0 Å². The van der Waals surface area contributed by atoms with Crippen molar-refractivity contribution in [1.82, 2.24) is 9.97 Å². The molecule has 2 aromatic heterocycles. The Labute approximate surface area is 109 Å². The molecular formula is C12H13N5O2. The van der Waals surface area contributed by atoms with Gasteiger partial charge in [0.2, 0.25) is 5.82 Å². The molecule has 2 N–H and O–H groups in total. The van der Waals surface area contributed by atoms with Gasteiger partial charge in [0.1, 0.15) is 5.82 Å². The van der Waals surface area contributed by atoms with Crippen molar-refractivity contribution in [2.45, 2.75) is 6.54 Å². The Morgan fingerprint density at radius 1 is 1.32 bits per heavy atom. The van der Waals surface area contributed by atoms with Crippen LogP contribution in [0.15, 0.2) is 36.5 Å². The van der Waals surface area contributed by atoms with Gasteiger partial charge < -0.3 is 10.6 Å². The fraction of sp³-hybridized carbons (Fsp3) is 0.167. The van der Waals surface area contributed by atoms with Gasteiger partial charge in [-0.25, -0.2) is 4.98 Å². The molecule has 0 saturated carbocycles. The van der Waals surface area contributed by atoms with Gasteiger partial charge in [-0.05, 0) is 18.2 Å². The van der Waals surface area contributed by atoms with E-state index in [0.717, 1.165) is 5.69 Å². The Morgan fingerprint density at radius 2 is 2.16 bits per heavy atom. The molecule has 0 fully saturated rings. The van der Waals surface area contributed by atoms with E-state index in [1.807, 2.05) is 18.2 Å². The molecule has 0 atom stereocenters. The van der Waals surface area contributed by atoms with Crippen molar-refractivity contribution in [2.75, 3.05) is 17.7 Å². The van der Waals surface area contributed by atoms with Crippen molar-refractivity contribution in [2.24, 2.45) is 0 Å². The Hall–Kier alpha value is -2.70. The molecule has 0 saturated heterocycles. The fourth-order valence-electron chi connectivity index (χ4n) is 1.55.